The summed E-state index contributed by atoms with van der Waals surface area (Å²) < 4.78 is 10.9. The van der Waals surface area contributed by atoms with Crippen molar-refractivity contribution in [3.8, 4) is 0 Å². The molecule has 0 spiro atoms. The molecule has 6 nitrogen and oxygen atoms in total. The van der Waals surface area contributed by atoms with Gasteiger partial charge in [-0.25, -0.2) is 4.79 Å². The average molecular weight is 321 g/mol. The van der Waals surface area contributed by atoms with Crippen LogP contribution in [0.3, 0.4) is 0 Å². The number of hydrogen-bond donors (Lipinski definition) is 2. The Balaban J connectivity index is 1.59. The topological polar surface area (TPSA) is 66.7 Å². The number of morpholine rings is 1. The largest absolute Gasteiger partial charge is 0.468 e. The number of nitrogens with one attached hydrogen (secondary N) is 2. The van der Waals surface area contributed by atoms with Crippen LogP contribution in [-0.4, -0.2) is 43.8 Å². The van der Waals surface area contributed by atoms with Gasteiger partial charge < -0.3 is 14.5 Å². The molecule has 22 heavy (non-hydrogen) atoms. The Kier molecular flexibility index (Phi) is 5.10. The van der Waals surface area contributed by atoms with Gasteiger partial charge in [0.1, 0.15) is 5.76 Å². The van der Waals surface area contributed by atoms with Crippen molar-refractivity contribution >= 4 is 22.4 Å². The van der Waals surface area contributed by atoms with E-state index < -0.39 is 0 Å². The van der Waals surface area contributed by atoms with Crippen molar-refractivity contribution < 1.29 is 13.9 Å². The molecule has 2 aromatic heterocycles. The van der Waals surface area contributed by atoms with Crippen LogP contribution in [0.15, 0.2) is 40.3 Å². The molecule has 2 aromatic rings. The quantitative estimate of drug-likeness (QED) is 0.888. The van der Waals surface area contributed by atoms with E-state index in [1.165, 1.54) is 11.3 Å². The second kappa shape index (κ2) is 7.44. The Labute approximate surface area is 133 Å². The molecule has 2 amide bonds. The van der Waals surface area contributed by atoms with E-state index in [2.05, 4.69) is 15.5 Å². The molecular weight excluding hydrogens is 302 g/mol. The van der Waals surface area contributed by atoms with Gasteiger partial charge in [0.2, 0.25) is 0 Å². The number of nitrogens with zero attached hydrogens (tertiary/aromatic N) is 1. The minimum atomic E-state index is -0.202. The lowest BCUT2D eigenvalue weighted by Crippen LogP contribution is -2.44. The Bertz CT molecular complexity index is 565. The maximum Gasteiger partial charge on any atom is 0.319 e. The van der Waals surface area contributed by atoms with E-state index in [1.807, 2.05) is 29.6 Å². The van der Waals surface area contributed by atoms with E-state index in [0.717, 1.165) is 23.9 Å². The monoisotopic (exact) mass is 321 g/mol. The molecule has 7 heteroatoms. The van der Waals surface area contributed by atoms with E-state index in [4.69, 9.17) is 9.15 Å². The molecule has 0 aliphatic carbocycles. The summed E-state index contributed by atoms with van der Waals surface area (Å²) in [5.74, 6) is 0.860. The fourth-order valence-electron chi connectivity index (χ4n) is 2.47. The van der Waals surface area contributed by atoms with Crippen LogP contribution in [0.1, 0.15) is 11.8 Å². The molecular formula is C15H19N3O3S. The summed E-state index contributed by atoms with van der Waals surface area (Å²) in [5, 5.41) is 8.50. The maximum absolute atomic E-state index is 12.0. The highest BCUT2D eigenvalue weighted by Crippen LogP contribution is 2.22. The van der Waals surface area contributed by atoms with Gasteiger partial charge in [0.25, 0.3) is 0 Å². The smallest absolute Gasteiger partial charge is 0.319 e. The van der Waals surface area contributed by atoms with Crippen molar-refractivity contribution in [2.75, 3.05) is 38.2 Å². The minimum absolute atomic E-state index is 0.0213. The Morgan fingerprint density at radius 2 is 2.18 bits per heavy atom. The van der Waals surface area contributed by atoms with Gasteiger partial charge in [0.05, 0.1) is 30.5 Å². The van der Waals surface area contributed by atoms with E-state index in [-0.39, 0.29) is 12.1 Å². The van der Waals surface area contributed by atoms with Crippen molar-refractivity contribution in [3.05, 3.63) is 41.7 Å². The number of carbonyl (C=O) groups is 1. The molecule has 0 saturated carbocycles. The van der Waals surface area contributed by atoms with Crippen LogP contribution in [0.5, 0.6) is 0 Å². The molecule has 3 heterocycles. The molecule has 1 fully saturated rings. The van der Waals surface area contributed by atoms with E-state index in [9.17, 15) is 4.79 Å². The van der Waals surface area contributed by atoms with Crippen LogP contribution in [-0.2, 0) is 4.74 Å². The van der Waals surface area contributed by atoms with Gasteiger partial charge in [0, 0.05) is 19.6 Å². The maximum atomic E-state index is 12.0. The number of anilines is 1. The highest BCUT2D eigenvalue weighted by molar-refractivity contribution is 7.14. The van der Waals surface area contributed by atoms with Crippen molar-refractivity contribution in [3.63, 3.8) is 0 Å². The summed E-state index contributed by atoms with van der Waals surface area (Å²) in [6.07, 6.45) is 1.66. The van der Waals surface area contributed by atoms with Crippen molar-refractivity contribution in [1.29, 1.82) is 0 Å². The molecule has 118 valence electrons. The first kappa shape index (κ1) is 15.1. The van der Waals surface area contributed by atoms with E-state index in [1.54, 1.807) is 6.26 Å². The molecule has 1 aliphatic heterocycles. The molecule has 3 rings (SSSR count). The molecule has 1 saturated heterocycles. The SMILES string of the molecule is O=C(NCC(c1ccco1)N1CCOCC1)Nc1cccs1. The third-order valence-corrected chi connectivity index (χ3v) is 4.36. The first-order chi connectivity index (χ1) is 10.8. The summed E-state index contributed by atoms with van der Waals surface area (Å²) in [5.41, 5.74) is 0. The molecule has 2 N–H and O–H groups in total. The lowest BCUT2D eigenvalue weighted by molar-refractivity contribution is 0.0124. The number of furan rings is 1. The zero-order chi connectivity index (χ0) is 15.2. The molecule has 1 unspecified atom stereocenters. The standard InChI is InChI=1S/C15H19N3O3S/c19-15(17-14-4-2-10-22-14)16-11-12(13-3-1-7-21-13)18-5-8-20-9-6-18/h1-4,7,10,12H,5-6,8-9,11H2,(H2,16,17,19). The number of carbonyl (C=O) groups excluding carboxylic acids is 1. The second-order valence-electron chi connectivity index (χ2n) is 4.99. The highest BCUT2D eigenvalue weighted by Gasteiger charge is 2.25. The summed E-state index contributed by atoms with van der Waals surface area (Å²) in [6.45, 7) is 3.57. The predicted molar refractivity (Wildman–Crippen MR) is 85.2 cm³/mol. The van der Waals surface area contributed by atoms with Gasteiger partial charge in [-0.05, 0) is 29.6 Å². The summed E-state index contributed by atoms with van der Waals surface area (Å²) >= 11 is 1.49. The fourth-order valence-corrected chi connectivity index (χ4v) is 3.09. The third kappa shape index (κ3) is 3.88. The van der Waals surface area contributed by atoms with Gasteiger partial charge in [-0.1, -0.05) is 0 Å². The van der Waals surface area contributed by atoms with Gasteiger partial charge in [-0.15, -0.1) is 11.3 Å². The molecule has 0 radical (unpaired) electrons. The zero-order valence-corrected chi connectivity index (χ0v) is 13.0. The fraction of sp³-hybridized carbons (Fsp3) is 0.400. The lowest BCUT2D eigenvalue weighted by Gasteiger charge is -2.33. The molecule has 0 aromatic carbocycles. The van der Waals surface area contributed by atoms with Gasteiger partial charge >= 0.3 is 6.03 Å². The predicted octanol–water partition coefficient (Wildman–Crippen LogP) is 2.54. The lowest BCUT2D eigenvalue weighted by atomic mass is 10.1. The summed E-state index contributed by atoms with van der Waals surface area (Å²) in [4.78, 5) is 14.2. The van der Waals surface area contributed by atoms with Gasteiger partial charge in [0.15, 0.2) is 0 Å². The van der Waals surface area contributed by atoms with Crippen molar-refractivity contribution in [2.45, 2.75) is 6.04 Å². The first-order valence-corrected chi connectivity index (χ1v) is 8.14. The summed E-state index contributed by atoms with van der Waals surface area (Å²) in [6, 6.07) is 7.41. The van der Waals surface area contributed by atoms with Crippen molar-refractivity contribution in [2.24, 2.45) is 0 Å². The zero-order valence-electron chi connectivity index (χ0n) is 12.2. The average Bonchev–Trinajstić information content (AvgIpc) is 3.22. The molecule has 1 atom stereocenters. The van der Waals surface area contributed by atoms with Crippen LogP contribution < -0.4 is 10.6 Å². The van der Waals surface area contributed by atoms with Crippen LogP contribution in [0.4, 0.5) is 9.80 Å². The van der Waals surface area contributed by atoms with Crippen LogP contribution in [0.2, 0.25) is 0 Å². The molecule has 0 bridgehead atoms. The number of ether oxygens (including phenoxy) is 1. The Hall–Kier alpha value is -1.83. The number of amides is 2. The number of rotatable bonds is 5. The number of thiophene rings is 1. The molecule has 1 aliphatic rings. The summed E-state index contributed by atoms with van der Waals surface area (Å²) in [7, 11) is 0. The second-order valence-corrected chi connectivity index (χ2v) is 5.94. The van der Waals surface area contributed by atoms with Gasteiger partial charge in [-0.2, -0.15) is 0 Å². The number of hydrogen-bond acceptors (Lipinski definition) is 5. The Morgan fingerprint density at radius 3 is 2.86 bits per heavy atom. The van der Waals surface area contributed by atoms with Crippen molar-refractivity contribution in [1.82, 2.24) is 10.2 Å². The first-order valence-electron chi connectivity index (χ1n) is 7.26. The highest BCUT2D eigenvalue weighted by atomic mass is 32.1. The van der Waals surface area contributed by atoms with E-state index in [0.29, 0.717) is 19.8 Å². The van der Waals surface area contributed by atoms with Crippen LogP contribution in [0.25, 0.3) is 0 Å². The van der Waals surface area contributed by atoms with Crippen LogP contribution >= 0.6 is 11.3 Å². The minimum Gasteiger partial charge on any atom is -0.468 e. The van der Waals surface area contributed by atoms with E-state index >= 15 is 0 Å². The van der Waals surface area contributed by atoms with Gasteiger partial charge in [-0.3, -0.25) is 10.2 Å². The normalized spacial score (nSPS) is 17.1. The number of urea groups is 1. The third-order valence-electron chi connectivity index (χ3n) is 3.57. The Morgan fingerprint density at radius 1 is 1.32 bits per heavy atom. The van der Waals surface area contributed by atoms with Crippen LogP contribution in [0, 0.1) is 0 Å².